The van der Waals surface area contributed by atoms with Gasteiger partial charge < -0.3 is 5.32 Å². The highest BCUT2D eigenvalue weighted by atomic mass is 32.2. The molecule has 0 aliphatic rings. The minimum Gasteiger partial charge on any atom is -0.347 e. The minimum atomic E-state index is -3.47. The number of rotatable bonds is 5. The molecule has 22 heavy (non-hydrogen) atoms. The fraction of sp³-hybridized carbons (Fsp3) is 0.267. The molecule has 1 aromatic heterocycles. The Labute approximate surface area is 134 Å². The third kappa shape index (κ3) is 3.55. The van der Waals surface area contributed by atoms with E-state index in [-0.39, 0.29) is 10.8 Å². The fourth-order valence-electron chi connectivity index (χ4n) is 1.84. The van der Waals surface area contributed by atoms with Gasteiger partial charge in [0.2, 0.25) is 10.0 Å². The van der Waals surface area contributed by atoms with E-state index in [1.807, 2.05) is 18.4 Å². The molecule has 0 bridgehead atoms. The Hall–Kier alpha value is -1.70. The Balaban J connectivity index is 2.07. The number of amides is 1. The zero-order valence-electron chi connectivity index (χ0n) is 12.7. The van der Waals surface area contributed by atoms with Gasteiger partial charge in [0.1, 0.15) is 0 Å². The Morgan fingerprint density at radius 1 is 1.18 bits per heavy atom. The van der Waals surface area contributed by atoms with Gasteiger partial charge >= 0.3 is 0 Å². The van der Waals surface area contributed by atoms with E-state index in [0.717, 1.165) is 14.7 Å². The van der Waals surface area contributed by atoms with Crippen LogP contribution < -0.4 is 5.32 Å². The molecule has 0 unspecified atom stereocenters. The first-order valence-electron chi connectivity index (χ1n) is 6.66. The van der Waals surface area contributed by atoms with Crippen molar-refractivity contribution in [3.05, 3.63) is 51.7 Å². The van der Waals surface area contributed by atoms with Crippen molar-refractivity contribution < 1.29 is 13.2 Å². The van der Waals surface area contributed by atoms with Crippen molar-refractivity contribution >= 4 is 27.3 Å². The lowest BCUT2D eigenvalue weighted by molar-refractivity contribution is 0.0951. The van der Waals surface area contributed by atoms with Gasteiger partial charge in [-0.3, -0.25) is 4.79 Å². The summed E-state index contributed by atoms with van der Waals surface area (Å²) in [5, 5.41) is 4.82. The molecule has 0 spiro atoms. The van der Waals surface area contributed by atoms with Gasteiger partial charge in [0.15, 0.2) is 0 Å². The molecule has 0 aliphatic carbocycles. The topological polar surface area (TPSA) is 66.5 Å². The summed E-state index contributed by atoms with van der Waals surface area (Å²) in [6.45, 7) is 2.47. The van der Waals surface area contributed by atoms with Gasteiger partial charge in [-0.25, -0.2) is 12.7 Å². The van der Waals surface area contributed by atoms with Crippen molar-refractivity contribution in [1.82, 2.24) is 9.62 Å². The van der Waals surface area contributed by atoms with Crippen LogP contribution >= 0.6 is 11.3 Å². The lowest BCUT2D eigenvalue weighted by Crippen LogP contribution is -2.24. The van der Waals surface area contributed by atoms with Crippen molar-refractivity contribution in [2.75, 3.05) is 14.1 Å². The summed E-state index contributed by atoms with van der Waals surface area (Å²) >= 11 is 1.60. The Bertz CT molecular complexity index is 762. The van der Waals surface area contributed by atoms with Crippen molar-refractivity contribution in [3.8, 4) is 0 Å². The highest BCUT2D eigenvalue weighted by Gasteiger charge is 2.17. The van der Waals surface area contributed by atoms with Gasteiger partial charge in [0, 0.05) is 24.5 Å². The van der Waals surface area contributed by atoms with Crippen molar-refractivity contribution in [2.24, 2.45) is 0 Å². The van der Waals surface area contributed by atoms with Crippen LogP contribution in [-0.2, 0) is 16.6 Å². The smallest absolute Gasteiger partial charge is 0.251 e. The van der Waals surface area contributed by atoms with Crippen LogP contribution in [0.4, 0.5) is 0 Å². The number of aryl methyl sites for hydroxylation is 1. The van der Waals surface area contributed by atoms with Gasteiger partial charge in [0.05, 0.1) is 11.4 Å². The normalized spacial score (nSPS) is 11.6. The summed E-state index contributed by atoms with van der Waals surface area (Å²) in [5.74, 6) is -0.221. The van der Waals surface area contributed by atoms with Crippen LogP contribution in [0.2, 0.25) is 0 Å². The maximum atomic E-state index is 12.1. The molecule has 5 nitrogen and oxygen atoms in total. The number of hydrogen-bond acceptors (Lipinski definition) is 4. The molecule has 1 aromatic carbocycles. The van der Waals surface area contributed by atoms with Crippen LogP contribution in [0.3, 0.4) is 0 Å². The van der Waals surface area contributed by atoms with Crippen molar-refractivity contribution in [1.29, 1.82) is 0 Å². The fourth-order valence-corrected chi connectivity index (χ4v) is 3.58. The Morgan fingerprint density at radius 2 is 1.82 bits per heavy atom. The second kappa shape index (κ2) is 6.60. The SMILES string of the molecule is Cc1ccsc1CNC(=O)c1ccc(S(=O)(=O)N(C)C)cc1. The largest absolute Gasteiger partial charge is 0.347 e. The number of benzene rings is 1. The summed E-state index contributed by atoms with van der Waals surface area (Å²) in [6, 6.07) is 7.94. The van der Waals surface area contributed by atoms with E-state index in [9.17, 15) is 13.2 Å². The highest BCUT2D eigenvalue weighted by Crippen LogP contribution is 2.16. The number of sulfonamides is 1. The molecule has 118 valence electrons. The molecule has 0 radical (unpaired) electrons. The van der Waals surface area contributed by atoms with Crippen LogP contribution in [0.5, 0.6) is 0 Å². The van der Waals surface area contributed by atoms with Crippen LogP contribution in [0.1, 0.15) is 20.8 Å². The van der Waals surface area contributed by atoms with E-state index in [4.69, 9.17) is 0 Å². The molecular weight excluding hydrogens is 320 g/mol. The molecule has 2 rings (SSSR count). The molecule has 0 aliphatic heterocycles. The molecule has 0 saturated heterocycles. The number of thiophene rings is 1. The summed E-state index contributed by atoms with van der Waals surface area (Å²) in [6.07, 6.45) is 0. The Morgan fingerprint density at radius 3 is 2.32 bits per heavy atom. The maximum Gasteiger partial charge on any atom is 0.251 e. The first-order chi connectivity index (χ1) is 10.3. The monoisotopic (exact) mass is 338 g/mol. The zero-order valence-corrected chi connectivity index (χ0v) is 14.3. The molecule has 0 fully saturated rings. The van der Waals surface area contributed by atoms with E-state index in [0.29, 0.717) is 12.1 Å². The molecular formula is C15H18N2O3S2. The molecule has 1 heterocycles. The van der Waals surface area contributed by atoms with Gasteiger partial charge in [-0.15, -0.1) is 11.3 Å². The van der Waals surface area contributed by atoms with E-state index in [1.54, 1.807) is 11.3 Å². The lowest BCUT2D eigenvalue weighted by Gasteiger charge is -2.11. The Kier molecular flexibility index (Phi) is 5.00. The number of carbonyl (C=O) groups is 1. The molecule has 1 N–H and O–H groups in total. The van der Waals surface area contributed by atoms with E-state index in [2.05, 4.69) is 5.32 Å². The molecule has 0 atom stereocenters. The second-order valence-corrected chi connectivity index (χ2v) is 8.17. The second-order valence-electron chi connectivity index (χ2n) is 5.02. The summed E-state index contributed by atoms with van der Waals surface area (Å²) in [7, 11) is -0.526. The summed E-state index contributed by atoms with van der Waals surface area (Å²) in [5.41, 5.74) is 1.59. The molecule has 1 amide bonds. The third-order valence-corrected chi connectivity index (χ3v) is 6.13. The molecule has 0 saturated carbocycles. The number of nitrogens with zero attached hydrogens (tertiary/aromatic N) is 1. The maximum absolute atomic E-state index is 12.1. The number of carbonyl (C=O) groups excluding carboxylic acids is 1. The quantitative estimate of drug-likeness (QED) is 0.909. The van der Waals surface area contributed by atoms with Crippen LogP contribution in [0.15, 0.2) is 40.6 Å². The summed E-state index contributed by atoms with van der Waals surface area (Å²) < 4.78 is 25.1. The average Bonchev–Trinajstić information content (AvgIpc) is 2.90. The zero-order chi connectivity index (χ0) is 16.3. The highest BCUT2D eigenvalue weighted by molar-refractivity contribution is 7.89. The van der Waals surface area contributed by atoms with E-state index >= 15 is 0 Å². The van der Waals surface area contributed by atoms with Gasteiger partial charge in [-0.1, -0.05) is 0 Å². The average molecular weight is 338 g/mol. The number of hydrogen-bond donors (Lipinski definition) is 1. The number of nitrogens with one attached hydrogen (secondary N) is 1. The predicted octanol–water partition coefficient (Wildman–Crippen LogP) is 2.24. The first kappa shape index (κ1) is 16.7. The lowest BCUT2D eigenvalue weighted by atomic mass is 10.2. The molecule has 2 aromatic rings. The summed E-state index contributed by atoms with van der Waals surface area (Å²) in [4.78, 5) is 13.4. The van der Waals surface area contributed by atoms with Gasteiger partial charge in [-0.05, 0) is 48.2 Å². The van der Waals surface area contributed by atoms with Crippen molar-refractivity contribution in [3.63, 3.8) is 0 Å². The van der Waals surface area contributed by atoms with Crippen LogP contribution in [0, 0.1) is 6.92 Å². The van der Waals surface area contributed by atoms with Gasteiger partial charge in [0.25, 0.3) is 5.91 Å². The third-order valence-electron chi connectivity index (χ3n) is 3.27. The van der Waals surface area contributed by atoms with Crippen LogP contribution in [-0.4, -0.2) is 32.7 Å². The minimum absolute atomic E-state index is 0.170. The van der Waals surface area contributed by atoms with Crippen LogP contribution in [0.25, 0.3) is 0 Å². The van der Waals surface area contributed by atoms with E-state index in [1.165, 1.54) is 38.4 Å². The standard InChI is InChI=1S/C15H18N2O3S2/c1-11-8-9-21-14(11)10-16-15(18)12-4-6-13(7-5-12)22(19,20)17(2)3/h4-9H,10H2,1-3H3,(H,16,18). The first-order valence-corrected chi connectivity index (χ1v) is 8.98. The van der Waals surface area contributed by atoms with E-state index < -0.39 is 10.0 Å². The predicted molar refractivity (Wildman–Crippen MR) is 87.5 cm³/mol. The molecule has 7 heteroatoms. The van der Waals surface area contributed by atoms with Crippen molar-refractivity contribution in [2.45, 2.75) is 18.4 Å². The van der Waals surface area contributed by atoms with Gasteiger partial charge in [-0.2, -0.15) is 0 Å².